The number of ketones is 1. The molecule has 0 aliphatic carbocycles. The van der Waals surface area contributed by atoms with Gasteiger partial charge in [-0.25, -0.2) is 0 Å². The van der Waals surface area contributed by atoms with E-state index in [1.54, 1.807) is 61.5 Å². The maximum Gasteiger partial charge on any atom is 0.305 e. The number of ether oxygens (including phenoxy) is 6. The van der Waals surface area contributed by atoms with Crippen LogP contribution in [0.1, 0.15) is 49.0 Å². The molecule has 0 bridgehead atoms. The van der Waals surface area contributed by atoms with Gasteiger partial charge in [-0.1, -0.05) is 30.3 Å². The summed E-state index contributed by atoms with van der Waals surface area (Å²) in [6.07, 6.45) is -2.12. The van der Waals surface area contributed by atoms with Crippen LogP contribution >= 0.6 is 11.6 Å². The number of carbonyl (C=O) groups is 4. The van der Waals surface area contributed by atoms with Crippen LogP contribution in [0.2, 0.25) is 5.02 Å². The number of halogens is 1. The number of esters is 1. The molecule has 12 nitrogen and oxygen atoms in total. The summed E-state index contributed by atoms with van der Waals surface area (Å²) < 4.78 is 33.7. The van der Waals surface area contributed by atoms with Gasteiger partial charge in [0, 0.05) is 46.2 Å². The molecule has 266 valence electrons. The summed E-state index contributed by atoms with van der Waals surface area (Å²) in [7, 11) is 6.03. The van der Waals surface area contributed by atoms with Gasteiger partial charge in [0.1, 0.15) is 17.6 Å². The van der Waals surface area contributed by atoms with Crippen LogP contribution in [0.15, 0.2) is 66.7 Å². The first-order valence-corrected chi connectivity index (χ1v) is 16.3. The van der Waals surface area contributed by atoms with Crippen LogP contribution < -0.4 is 29.2 Å². The number of fused-ring (bicyclic) bond motifs is 1. The molecule has 0 saturated carbocycles. The molecule has 0 radical (unpaired) electrons. The molecule has 0 saturated heterocycles. The molecule has 1 heterocycles. The van der Waals surface area contributed by atoms with Gasteiger partial charge in [-0.3, -0.25) is 19.2 Å². The number of amides is 2. The second kappa shape index (κ2) is 17.5. The van der Waals surface area contributed by atoms with Gasteiger partial charge in [-0.15, -0.1) is 0 Å². The lowest BCUT2D eigenvalue weighted by Gasteiger charge is -2.26. The number of hydrogen-bond donors (Lipinski definition) is 1. The molecule has 1 aliphatic heterocycles. The van der Waals surface area contributed by atoms with Crippen molar-refractivity contribution in [1.29, 1.82) is 0 Å². The highest BCUT2D eigenvalue weighted by Crippen LogP contribution is 2.46. The Labute approximate surface area is 296 Å². The molecule has 1 aliphatic rings. The second-order valence-electron chi connectivity index (χ2n) is 11.2. The van der Waals surface area contributed by atoms with Gasteiger partial charge in [0.25, 0.3) is 5.91 Å². The van der Waals surface area contributed by atoms with E-state index in [9.17, 15) is 19.2 Å². The van der Waals surface area contributed by atoms with E-state index in [1.807, 2.05) is 0 Å². The fourth-order valence-corrected chi connectivity index (χ4v) is 5.76. The first kappa shape index (κ1) is 37.7. The SMILES string of the molecule is C=C(C(=O)NCC(=O)CCCC(=O)OCC)[C@H]1O[C@H](c2cccc(OC)c2OC)c2cc(Cl)ccc2N(Cc2ccc(OC)cc2OC)C1=O. The Kier molecular flexibility index (Phi) is 13.2. The molecule has 50 heavy (non-hydrogen) atoms. The fourth-order valence-electron chi connectivity index (χ4n) is 5.58. The minimum absolute atomic E-state index is 0.0102. The third kappa shape index (κ3) is 8.74. The number of Topliss-reactive ketones (excluding diaryl/α,β-unsaturated/α-hetero) is 1. The summed E-state index contributed by atoms with van der Waals surface area (Å²) in [5.74, 6) is -0.264. The molecule has 3 aromatic carbocycles. The van der Waals surface area contributed by atoms with E-state index in [2.05, 4.69) is 11.9 Å². The predicted molar refractivity (Wildman–Crippen MR) is 186 cm³/mol. The maximum atomic E-state index is 14.6. The molecule has 0 unspecified atom stereocenters. The maximum absolute atomic E-state index is 14.6. The van der Waals surface area contributed by atoms with E-state index in [-0.39, 0.29) is 50.3 Å². The van der Waals surface area contributed by atoms with Crippen molar-refractivity contribution in [3.05, 3.63) is 88.5 Å². The lowest BCUT2D eigenvalue weighted by Crippen LogP contribution is -2.44. The average molecular weight is 709 g/mol. The summed E-state index contributed by atoms with van der Waals surface area (Å²) in [4.78, 5) is 53.8. The Hall–Kier alpha value is -5.07. The third-order valence-corrected chi connectivity index (χ3v) is 8.30. The highest BCUT2D eigenvalue weighted by atomic mass is 35.5. The molecule has 0 spiro atoms. The van der Waals surface area contributed by atoms with Gasteiger partial charge >= 0.3 is 5.97 Å². The number of carbonyl (C=O) groups excluding carboxylic acids is 4. The highest BCUT2D eigenvalue weighted by molar-refractivity contribution is 6.30. The largest absolute Gasteiger partial charge is 0.497 e. The van der Waals surface area contributed by atoms with Crippen molar-refractivity contribution >= 4 is 40.9 Å². The van der Waals surface area contributed by atoms with Gasteiger partial charge in [0.05, 0.1) is 53.8 Å². The van der Waals surface area contributed by atoms with Gasteiger partial charge in [0.2, 0.25) is 5.91 Å². The zero-order valence-corrected chi connectivity index (χ0v) is 29.5. The number of rotatable bonds is 16. The molecule has 0 aromatic heterocycles. The van der Waals surface area contributed by atoms with E-state index in [0.29, 0.717) is 50.4 Å². The van der Waals surface area contributed by atoms with Crippen LogP contribution in [0.5, 0.6) is 23.0 Å². The van der Waals surface area contributed by atoms with E-state index in [4.69, 9.17) is 40.0 Å². The van der Waals surface area contributed by atoms with Crippen molar-refractivity contribution < 1.29 is 47.6 Å². The van der Waals surface area contributed by atoms with E-state index in [0.717, 1.165) is 0 Å². The molecule has 2 atom stereocenters. The standard InChI is InChI=1S/C37H41ClN2O10/c1-7-49-32(42)13-8-10-25(41)20-39-36(43)22(2)33-37(44)40(21-23-14-16-26(45-3)19-31(23)47-5)29-17-15-24(38)18-28(29)34(50-33)27-11-9-12-30(46-4)35(27)48-6/h9,11-12,14-19,33-34H,2,7-8,10,13,20-21H2,1,3-6H3,(H,39,43)/t33-,34-/m1/s1. The summed E-state index contributed by atoms with van der Waals surface area (Å²) in [5, 5.41) is 2.93. The first-order chi connectivity index (χ1) is 24.1. The lowest BCUT2D eigenvalue weighted by molar-refractivity contribution is -0.143. The van der Waals surface area contributed by atoms with E-state index < -0.39 is 30.0 Å². The van der Waals surface area contributed by atoms with Crippen LogP contribution in [-0.2, 0) is 35.2 Å². The average Bonchev–Trinajstić information content (AvgIpc) is 3.23. The Morgan fingerprint density at radius 3 is 2.36 bits per heavy atom. The Balaban J connectivity index is 1.74. The number of para-hydroxylation sites is 1. The number of nitrogens with one attached hydrogen (secondary N) is 1. The monoisotopic (exact) mass is 708 g/mol. The normalized spacial score (nSPS) is 15.3. The van der Waals surface area contributed by atoms with Crippen molar-refractivity contribution in [1.82, 2.24) is 5.32 Å². The fraction of sp³-hybridized carbons (Fsp3) is 0.351. The zero-order chi connectivity index (χ0) is 36.4. The molecule has 0 fully saturated rings. The first-order valence-electron chi connectivity index (χ1n) is 15.9. The molecule has 4 rings (SSSR count). The van der Waals surface area contributed by atoms with Crippen molar-refractivity contribution in [2.24, 2.45) is 0 Å². The molecular formula is C37H41ClN2O10. The summed E-state index contributed by atoms with van der Waals surface area (Å²) in [6, 6.07) is 15.5. The highest BCUT2D eigenvalue weighted by Gasteiger charge is 2.41. The third-order valence-electron chi connectivity index (χ3n) is 8.06. The summed E-state index contributed by atoms with van der Waals surface area (Å²) >= 11 is 6.54. The summed E-state index contributed by atoms with van der Waals surface area (Å²) in [6.45, 7) is 5.58. The Bertz CT molecular complexity index is 1740. The van der Waals surface area contributed by atoms with Crippen LogP contribution in [0.3, 0.4) is 0 Å². The Morgan fingerprint density at radius 1 is 0.920 bits per heavy atom. The molecule has 3 aromatic rings. The van der Waals surface area contributed by atoms with E-state index >= 15 is 0 Å². The minimum atomic E-state index is -1.52. The predicted octanol–water partition coefficient (Wildman–Crippen LogP) is 5.37. The summed E-state index contributed by atoms with van der Waals surface area (Å²) in [5.41, 5.74) is 1.88. The van der Waals surface area contributed by atoms with Crippen molar-refractivity contribution in [3.8, 4) is 23.0 Å². The van der Waals surface area contributed by atoms with Gasteiger partial charge in [-0.05, 0) is 49.7 Å². The minimum Gasteiger partial charge on any atom is -0.497 e. The number of anilines is 1. The van der Waals surface area contributed by atoms with E-state index in [1.165, 1.54) is 33.3 Å². The second-order valence-corrected chi connectivity index (χ2v) is 11.6. The van der Waals surface area contributed by atoms with Gasteiger partial charge in [0.15, 0.2) is 23.4 Å². The van der Waals surface area contributed by atoms with Crippen LogP contribution in [0.4, 0.5) is 5.69 Å². The number of hydrogen-bond acceptors (Lipinski definition) is 10. The topological polar surface area (TPSA) is 139 Å². The quantitative estimate of drug-likeness (QED) is 0.153. The zero-order valence-electron chi connectivity index (χ0n) is 28.7. The Morgan fingerprint density at radius 2 is 1.68 bits per heavy atom. The molecule has 2 amide bonds. The molecular weight excluding hydrogens is 668 g/mol. The van der Waals surface area contributed by atoms with Crippen molar-refractivity contribution in [2.75, 3.05) is 46.5 Å². The van der Waals surface area contributed by atoms with Crippen molar-refractivity contribution in [2.45, 2.75) is 44.9 Å². The van der Waals surface area contributed by atoms with Crippen LogP contribution in [0.25, 0.3) is 0 Å². The molecule has 1 N–H and O–H groups in total. The lowest BCUT2D eigenvalue weighted by atomic mass is 9.97. The van der Waals surface area contributed by atoms with Crippen molar-refractivity contribution in [3.63, 3.8) is 0 Å². The van der Waals surface area contributed by atoms with Gasteiger partial charge in [-0.2, -0.15) is 0 Å². The number of benzene rings is 3. The van der Waals surface area contributed by atoms with Gasteiger partial charge < -0.3 is 38.6 Å². The van der Waals surface area contributed by atoms with Crippen LogP contribution in [-0.4, -0.2) is 71.3 Å². The number of methoxy groups -OCH3 is 4. The smallest absolute Gasteiger partial charge is 0.305 e. The molecule has 13 heteroatoms. The number of nitrogens with zero attached hydrogens (tertiary/aromatic N) is 1. The van der Waals surface area contributed by atoms with Crippen LogP contribution in [0, 0.1) is 0 Å².